The first kappa shape index (κ1) is 31.3. The van der Waals surface area contributed by atoms with Crippen LogP contribution in [-0.2, 0) is 27.3 Å². The second kappa shape index (κ2) is 15.1. The summed E-state index contributed by atoms with van der Waals surface area (Å²) in [5.74, 6) is -0.752. The minimum atomic E-state index is -0.942. The lowest BCUT2D eigenvalue weighted by molar-refractivity contribution is -0.147. The maximum Gasteiger partial charge on any atom is 0.408 e. The highest BCUT2D eigenvalue weighted by Gasteiger charge is 2.30. The van der Waals surface area contributed by atoms with E-state index in [-0.39, 0.29) is 31.5 Å². The fourth-order valence-electron chi connectivity index (χ4n) is 5.54. The van der Waals surface area contributed by atoms with Gasteiger partial charge in [0.1, 0.15) is 25.4 Å². The molecule has 0 saturated carbocycles. The molecule has 0 spiro atoms. The van der Waals surface area contributed by atoms with Crippen molar-refractivity contribution >= 4 is 18.1 Å². The Kier molecular flexibility index (Phi) is 10.5. The highest BCUT2D eigenvalue weighted by molar-refractivity contribution is 5.84. The molecule has 0 aliphatic heterocycles. The smallest absolute Gasteiger partial charge is 0.408 e. The predicted octanol–water partition coefficient (Wildman–Crippen LogP) is 6.55. The number of ether oxygens (including phenoxy) is 2. The molecule has 4 aromatic rings. The lowest BCUT2D eigenvalue weighted by Gasteiger charge is -2.27. The highest BCUT2D eigenvalue weighted by atomic mass is 16.5. The number of carbonyl (C=O) groups excluding carboxylic acids is 3. The van der Waals surface area contributed by atoms with E-state index in [0.29, 0.717) is 6.42 Å². The number of carbonyl (C=O) groups is 3. The third-order valence-electron chi connectivity index (χ3n) is 8.21. The van der Waals surface area contributed by atoms with Gasteiger partial charge in [0.2, 0.25) is 0 Å². The zero-order valence-electron chi connectivity index (χ0n) is 25.6. The van der Waals surface area contributed by atoms with Crippen LogP contribution < -0.4 is 16.0 Å². The van der Waals surface area contributed by atoms with Crippen molar-refractivity contribution in [1.82, 2.24) is 16.0 Å². The number of hydrogen-bond donors (Lipinski definition) is 3. The molecule has 0 heterocycles. The van der Waals surface area contributed by atoms with E-state index in [1.165, 1.54) is 0 Å². The average Bonchev–Trinajstić information content (AvgIpc) is 3.39. The lowest BCUT2D eigenvalue weighted by atomic mass is 9.98. The molecule has 3 N–H and O–H groups in total. The summed E-state index contributed by atoms with van der Waals surface area (Å²) in [6, 6.07) is 33.5. The van der Waals surface area contributed by atoms with Crippen LogP contribution in [0.1, 0.15) is 48.4 Å². The summed E-state index contributed by atoms with van der Waals surface area (Å²) in [5, 5.41) is 8.42. The Morgan fingerprint density at radius 3 is 1.84 bits per heavy atom. The molecule has 8 heteroatoms. The van der Waals surface area contributed by atoms with Gasteiger partial charge in [-0.2, -0.15) is 0 Å². The molecular formula is C37H39N3O5. The quantitative estimate of drug-likeness (QED) is 0.125. The number of esters is 1. The molecule has 0 fully saturated rings. The Morgan fingerprint density at radius 1 is 0.689 bits per heavy atom. The molecule has 3 atom stereocenters. The molecule has 3 amide bonds. The van der Waals surface area contributed by atoms with E-state index in [0.717, 1.165) is 33.4 Å². The first-order chi connectivity index (χ1) is 21.9. The molecule has 4 aromatic carbocycles. The minimum absolute atomic E-state index is 0.0814. The van der Waals surface area contributed by atoms with Crippen molar-refractivity contribution in [2.45, 2.75) is 51.4 Å². The number of rotatable bonds is 12. The maximum atomic E-state index is 13.3. The van der Waals surface area contributed by atoms with E-state index in [1.807, 2.05) is 98.8 Å². The van der Waals surface area contributed by atoms with Crippen LogP contribution in [0.3, 0.4) is 0 Å². The van der Waals surface area contributed by atoms with Crippen LogP contribution in [0.5, 0.6) is 0 Å². The summed E-state index contributed by atoms with van der Waals surface area (Å²) < 4.78 is 11.3. The van der Waals surface area contributed by atoms with E-state index in [2.05, 4.69) is 40.2 Å². The summed E-state index contributed by atoms with van der Waals surface area (Å²) >= 11 is 0. The van der Waals surface area contributed by atoms with Gasteiger partial charge in [-0.1, -0.05) is 123 Å². The van der Waals surface area contributed by atoms with Crippen LogP contribution in [0.4, 0.5) is 9.59 Å². The Bertz CT molecular complexity index is 1550. The van der Waals surface area contributed by atoms with Gasteiger partial charge in [0, 0.05) is 12.3 Å². The second-order valence-corrected chi connectivity index (χ2v) is 11.3. The standard InChI is InChI=1S/C37H39N3O5/c1-3-25(2)34(40-37(43)45-24-32-30-20-12-10-18-28(30)29-19-11-13-21-31(29)32)39-36(42)38-33(22-26-14-6-4-7-15-26)35(41)44-23-27-16-8-5-9-17-27/h4-21,25,32-34H,3,22-24H2,1-2H3,(H,40,43)(H2,38,39,42)/t25-,33-,34-/m0/s1. The lowest BCUT2D eigenvalue weighted by Crippen LogP contribution is -2.57. The van der Waals surface area contributed by atoms with Gasteiger partial charge in [-0.25, -0.2) is 14.4 Å². The Labute approximate surface area is 264 Å². The van der Waals surface area contributed by atoms with Crippen LogP contribution in [0.2, 0.25) is 0 Å². The largest absolute Gasteiger partial charge is 0.459 e. The fraction of sp³-hybridized carbons (Fsp3) is 0.270. The number of fused-ring (bicyclic) bond motifs is 3. The first-order valence-corrected chi connectivity index (χ1v) is 15.4. The average molecular weight is 606 g/mol. The Balaban J connectivity index is 1.21. The van der Waals surface area contributed by atoms with Gasteiger partial charge < -0.3 is 25.4 Å². The van der Waals surface area contributed by atoms with E-state index in [1.54, 1.807) is 0 Å². The zero-order valence-corrected chi connectivity index (χ0v) is 25.6. The number of benzene rings is 4. The predicted molar refractivity (Wildman–Crippen MR) is 173 cm³/mol. The topological polar surface area (TPSA) is 106 Å². The fourth-order valence-corrected chi connectivity index (χ4v) is 5.54. The van der Waals surface area contributed by atoms with Crippen LogP contribution >= 0.6 is 0 Å². The van der Waals surface area contributed by atoms with Gasteiger partial charge in [0.15, 0.2) is 0 Å². The molecule has 0 saturated heterocycles. The molecule has 1 aliphatic rings. The number of alkyl carbamates (subject to hydrolysis) is 1. The van der Waals surface area contributed by atoms with Crippen LogP contribution in [0, 0.1) is 5.92 Å². The Hall–Kier alpha value is -5.11. The van der Waals surface area contributed by atoms with Gasteiger partial charge in [0.25, 0.3) is 0 Å². The van der Waals surface area contributed by atoms with E-state index in [9.17, 15) is 14.4 Å². The molecule has 0 unspecified atom stereocenters. The molecule has 1 aliphatic carbocycles. The van der Waals surface area contributed by atoms with Crippen molar-refractivity contribution in [2.24, 2.45) is 5.92 Å². The summed E-state index contributed by atoms with van der Waals surface area (Å²) in [6.45, 7) is 4.14. The van der Waals surface area contributed by atoms with Crippen LogP contribution in [-0.4, -0.2) is 36.9 Å². The third-order valence-corrected chi connectivity index (χ3v) is 8.21. The second-order valence-electron chi connectivity index (χ2n) is 11.3. The van der Waals surface area contributed by atoms with Crippen molar-refractivity contribution in [3.63, 3.8) is 0 Å². The van der Waals surface area contributed by atoms with E-state index >= 15 is 0 Å². The first-order valence-electron chi connectivity index (χ1n) is 15.4. The highest BCUT2D eigenvalue weighted by Crippen LogP contribution is 2.44. The number of nitrogens with one attached hydrogen (secondary N) is 3. The van der Waals surface area contributed by atoms with Crippen molar-refractivity contribution in [3.8, 4) is 11.1 Å². The van der Waals surface area contributed by atoms with Crippen molar-refractivity contribution in [3.05, 3.63) is 131 Å². The number of amides is 3. The monoisotopic (exact) mass is 605 g/mol. The summed E-state index contributed by atoms with van der Waals surface area (Å²) in [4.78, 5) is 39.4. The van der Waals surface area contributed by atoms with Gasteiger partial charge >= 0.3 is 18.1 Å². The number of hydrogen-bond acceptors (Lipinski definition) is 5. The Morgan fingerprint density at radius 2 is 1.24 bits per heavy atom. The maximum absolute atomic E-state index is 13.3. The SMILES string of the molecule is CC[C@H](C)[C@@H](NC(=O)N[C@@H](Cc1ccccc1)C(=O)OCc1ccccc1)NC(=O)OCC1c2ccccc2-c2ccccc21. The minimum Gasteiger partial charge on any atom is -0.459 e. The summed E-state index contributed by atoms with van der Waals surface area (Å²) in [7, 11) is 0. The van der Waals surface area contributed by atoms with Crippen molar-refractivity contribution in [2.75, 3.05) is 6.61 Å². The molecule has 0 bridgehead atoms. The molecule has 232 valence electrons. The van der Waals surface area contributed by atoms with Gasteiger partial charge in [-0.05, 0) is 45.7 Å². The zero-order chi connectivity index (χ0) is 31.6. The molecular weight excluding hydrogens is 566 g/mol. The van der Waals surface area contributed by atoms with Crippen LogP contribution in [0.15, 0.2) is 109 Å². The van der Waals surface area contributed by atoms with Gasteiger partial charge in [-0.3, -0.25) is 0 Å². The van der Waals surface area contributed by atoms with Crippen LogP contribution in [0.25, 0.3) is 11.1 Å². The summed E-state index contributed by atoms with van der Waals surface area (Å²) in [5.41, 5.74) is 6.24. The molecule has 45 heavy (non-hydrogen) atoms. The number of urea groups is 1. The van der Waals surface area contributed by atoms with Gasteiger partial charge in [0.05, 0.1) is 0 Å². The molecule has 0 aromatic heterocycles. The molecule has 0 radical (unpaired) electrons. The van der Waals surface area contributed by atoms with E-state index < -0.39 is 30.3 Å². The van der Waals surface area contributed by atoms with Gasteiger partial charge in [-0.15, -0.1) is 0 Å². The summed E-state index contributed by atoms with van der Waals surface area (Å²) in [6.07, 6.45) is -0.439. The van der Waals surface area contributed by atoms with E-state index in [4.69, 9.17) is 9.47 Å². The molecule has 8 nitrogen and oxygen atoms in total. The normalized spacial score (nSPS) is 13.8. The third kappa shape index (κ3) is 8.09. The van der Waals surface area contributed by atoms with Crippen molar-refractivity contribution < 1.29 is 23.9 Å². The molecule has 5 rings (SSSR count). The van der Waals surface area contributed by atoms with Crippen molar-refractivity contribution in [1.29, 1.82) is 0 Å².